The second-order valence-electron chi connectivity index (χ2n) is 3.04. The number of rotatable bonds is 3. The van der Waals surface area contributed by atoms with Crippen LogP contribution in [0.15, 0.2) is 12.3 Å². The standard InChI is InChI=1S/C10H11N3O2S/c1-3-15-9(14)6-4-7-8(12-5-6)13-10(11-2)16-7/h4-5H,3H2,1-2H3,(H,11,12,13). The maximum atomic E-state index is 11.5. The third kappa shape index (κ3) is 1.96. The number of carbonyl (C=O) groups excluding carboxylic acids is 1. The number of aromatic nitrogens is 2. The van der Waals surface area contributed by atoms with Gasteiger partial charge in [0, 0.05) is 13.2 Å². The second kappa shape index (κ2) is 4.44. The molecule has 0 aliphatic heterocycles. The van der Waals surface area contributed by atoms with Gasteiger partial charge in [-0.15, -0.1) is 0 Å². The number of hydrogen-bond acceptors (Lipinski definition) is 6. The fraction of sp³-hybridized carbons (Fsp3) is 0.300. The van der Waals surface area contributed by atoms with Crippen molar-refractivity contribution in [3.63, 3.8) is 0 Å². The molecule has 84 valence electrons. The predicted octanol–water partition coefficient (Wildman–Crippen LogP) is 1.91. The molecule has 0 saturated heterocycles. The Morgan fingerprint density at radius 2 is 2.44 bits per heavy atom. The third-order valence-corrected chi connectivity index (χ3v) is 2.98. The molecule has 0 amide bonds. The van der Waals surface area contributed by atoms with E-state index in [9.17, 15) is 4.79 Å². The number of thiazole rings is 1. The normalized spacial score (nSPS) is 10.4. The predicted molar refractivity (Wildman–Crippen MR) is 62.9 cm³/mol. The molecule has 0 fully saturated rings. The van der Waals surface area contributed by atoms with Crippen molar-refractivity contribution < 1.29 is 9.53 Å². The summed E-state index contributed by atoms with van der Waals surface area (Å²) < 4.78 is 5.77. The average Bonchev–Trinajstić information content (AvgIpc) is 2.70. The van der Waals surface area contributed by atoms with Gasteiger partial charge in [-0.25, -0.2) is 14.8 Å². The molecule has 0 bridgehead atoms. The first-order chi connectivity index (χ1) is 7.74. The van der Waals surface area contributed by atoms with Crippen molar-refractivity contribution >= 4 is 32.8 Å². The Bertz CT molecular complexity index is 524. The highest BCUT2D eigenvalue weighted by Crippen LogP contribution is 2.24. The molecule has 0 atom stereocenters. The van der Waals surface area contributed by atoms with E-state index in [2.05, 4.69) is 15.3 Å². The minimum atomic E-state index is -0.351. The zero-order valence-electron chi connectivity index (χ0n) is 8.98. The molecule has 2 heterocycles. The second-order valence-corrected chi connectivity index (χ2v) is 4.07. The number of ether oxygens (including phenoxy) is 1. The average molecular weight is 237 g/mol. The van der Waals surface area contributed by atoms with Crippen LogP contribution in [-0.2, 0) is 4.74 Å². The van der Waals surface area contributed by atoms with Gasteiger partial charge in [0.25, 0.3) is 0 Å². The molecule has 2 aromatic rings. The topological polar surface area (TPSA) is 64.1 Å². The smallest absolute Gasteiger partial charge is 0.339 e. The lowest BCUT2D eigenvalue weighted by Crippen LogP contribution is -2.04. The quantitative estimate of drug-likeness (QED) is 0.826. The van der Waals surface area contributed by atoms with Crippen LogP contribution in [0.3, 0.4) is 0 Å². The molecular formula is C10H11N3O2S. The molecule has 0 unspecified atom stereocenters. The van der Waals surface area contributed by atoms with E-state index in [-0.39, 0.29) is 5.97 Å². The Morgan fingerprint density at radius 3 is 3.12 bits per heavy atom. The molecule has 16 heavy (non-hydrogen) atoms. The Kier molecular flexibility index (Phi) is 3.00. The monoisotopic (exact) mass is 237 g/mol. The summed E-state index contributed by atoms with van der Waals surface area (Å²) in [5.41, 5.74) is 1.10. The SMILES string of the molecule is CCOC(=O)c1cnc2nc(NC)sc2c1. The Balaban J connectivity index is 2.39. The number of carbonyl (C=O) groups is 1. The highest BCUT2D eigenvalue weighted by Gasteiger charge is 2.10. The van der Waals surface area contributed by atoms with Gasteiger partial charge < -0.3 is 10.1 Å². The fourth-order valence-electron chi connectivity index (χ4n) is 1.25. The van der Waals surface area contributed by atoms with Gasteiger partial charge in [-0.2, -0.15) is 0 Å². The van der Waals surface area contributed by atoms with E-state index >= 15 is 0 Å². The number of nitrogens with one attached hydrogen (secondary N) is 1. The summed E-state index contributed by atoms with van der Waals surface area (Å²) in [6.07, 6.45) is 1.49. The fourth-order valence-corrected chi connectivity index (χ4v) is 2.07. The molecular weight excluding hydrogens is 226 g/mol. The molecule has 6 heteroatoms. The van der Waals surface area contributed by atoms with E-state index in [1.807, 2.05) is 0 Å². The van der Waals surface area contributed by atoms with Crippen LogP contribution in [-0.4, -0.2) is 29.6 Å². The Labute approximate surface area is 96.5 Å². The van der Waals surface area contributed by atoms with E-state index in [0.717, 1.165) is 9.83 Å². The van der Waals surface area contributed by atoms with E-state index in [0.29, 0.717) is 17.8 Å². The zero-order chi connectivity index (χ0) is 11.5. The number of nitrogens with zero attached hydrogens (tertiary/aromatic N) is 2. The zero-order valence-corrected chi connectivity index (χ0v) is 9.80. The number of esters is 1. The lowest BCUT2D eigenvalue weighted by Gasteiger charge is -1.99. The number of hydrogen-bond donors (Lipinski definition) is 1. The van der Waals surface area contributed by atoms with Crippen LogP contribution in [0, 0.1) is 0 Å². The van der Waals surface area contributed by atoms with Crippen LogP contribution >= 0.6 is 11.3 Å². The Morgan fingerprint density at radius 1 is 1.62 bits per heavy atom. The lowest BCUT2D eigenvalue weighted by molar-refractivity contribution is 0.0526. The van der Waals surface area contributed by atoms with Crippen LogP contribution in [0.4, 0.5) is 5.13 Å². The highest BCUT2D eigenvalue weighted by molar-refractivity contribution is 7.22. The molecule has 5 nitrogen and oxygen atoms in total. The molecule has 0 saturated carbocycles. The minimum Gasteiger partial charge on any atom is -0.462 e. The summed E-state index contributed by atoms with van der Waals surface area (Å²) in [5, 5.41) is 3.72. The third-order valence-electron chi connectivity index (χ3n) is 1.97. The summed E-state index contributed by atoms with van der Waals surface area (Å²) in [4.78, 5) is 19.8. The van der Waals surface area contributed by atoms with Crippen molar-refractivity contribution in [2.45, 2.75) is 6.92 Å². The van der Waals surface area contributed by atoms with Gasteiger partial charge in [0.2, 0.25) is 0 Å². The number of anilines is 1. The van der Waals surface area contributed by atoms with Gasteiger partial charge in [0.15, 0.2) is 10.8 Å². The number of fused-ring (bicyclic) bond motifs is 1. The Hall–Kier alpha value is -1.69. The van der Waals surface area contributed by atoms with Gasteiger partial charge in [0.05, 0.1) is 16.9 Å². The van der Waals surface area contributed by atoms with Crippen LogP contribution in [0.5, 0.6) is 0 Å². The van der Waals surface area contributed by atoms with E-state index < -0.39 is 0 Å². The largest absolute Gasteiger partial charge is 0.462 e. The van der Waals surface area contributed by atoms with Gasteiger partial charge >= 0.3 is 5.97 Å². The van der Waals surface area contributed by atoms with Crippen molar-refractivity contribution in [3.05, 3.63) is 17.8 Å². The molecule has 0 aliphatic carbocycles. The molecule has 2 aromatic heterocycles. The maximum Gasteiger partial charge on any atom is 0.339 e. The number of pyridine rings is 1. The van der Waals surface area contributed by atoms with Gasteiger partial charge in [-0.3, -0.25) is 0 Å². The van der Waals surface area contributed by atoms with E-state index in [1.54, 1.807) is 20.0 Å². The summed E-state index contributed by atoms with van der Waals surface area (Å²) in [7, 11) is 1.80. The molecule has 0 radical (unpaired) electrons. The van der Waals surface area contributed by atoms with Gasteiger partial charge in [0.1, 0.15) is 0 Å². The minimum absolute atomic E-state index is 0.351. The molecule has 0 spiro atoms. The molecule has 0 aromatic carbocycles. The van der Waals surface area contributed by atoms with E-state index in [4.69, 9.17) is 4.74 Å². The lowest BCUT2D eigenvalue weighted by atomic mass is 10.3. The first kappa shape index (κ1) is 10.8. The maximum absolute atomic E-state index is 11.5. The molecule has 0 aliphatic rings. The van der Waals surface area contributed by atoms with Crippen molar-refractivity contribution in [2.75, 3.05) is 19.0 Å². The van der Waals surface area contributed by atoms with Crippen LogP contribution < -0.4 is 5.32 Å². The summed E-state index contributed by atoms with van der Waals surface area (Å²) in [6.45, 7) is 2.14. The van der Waals surface area contributed by atoms with Crippen LogP contribution in [0.2, 0.25) is 0 Å². The van der Waals surface area contributed by atoms with Crippen molar-refractivity contribution in [3.8, 4) is 0 Å². The van der Waals surface area contributed by atoms with E-state index in [1.165, 1.54) is 17.5 Å². The highest BCUT2D eigenvalue weighted by atomic mass is 32.1. The van der Waals surface area contributed by atoms with Gasteiger partial charge in [-0.1, -0.05) is 11.3 Å². The van der Waals surface area contributed by atoms with Crippen LogP contribution in [0.25, 0.3) is 10.3 Å². The first-order valence-electron chi connectivity index (χ1n) is 4.86. The van der Waals surface area contributed by atoms with Gasteiger partial charge in [-0.05, 0) is 13.0 Å². The van der Waals surface area contributed by atoms with Crippen molar-refractivity contribution in [2.24, 2.45) is 0 Å². The van der Waals surface area contributed by atoms with Crippen molar-refractivity contribution in [1.82, 2.24) is 9.97 Å². The first-order valence-corrected chi connectivity index (χ1v) is 5.67. The van der Waals surface area contributed by atoms with Crippen molar-refractivity contribution in [1.29, 1.82) is 0 Å². The molecule has 2 rings (SSSR count). The van der Waals surface area contributed by atoms with Crippen LogP contribution in [0.1, 0.15) is 17.3 Å². The molecule has 1 N–H and O–H groups in total. The summed E-state index contributed by atoms with van der Waals surface area (Å²) in [5.74, 6) is -0.351. The summed E-state index contributed by atoms with van der Waals surface area (Å²) >= 11 is 1.45. The summed E-state index contributed by atoms with van der Waals surface area (Å²) in [6, 6.07) is 1.75.